The van der Waals surface area contributed by atoms with Crippen LogP contribution in [0.1, 0.15) is 53.7 Å². The first kappa shape index (κ1) is 38.2. The Morgan fingerprint density at radius 2 is 1.68 bits per heavy atom. The highest BCUT2D eigenvalue weighted by molar-refractivity contribution is 6.17. The first-order chi connectivity index (χ1) is 23.6. The molecule has 0 unspecified atom stereocenters. The Morgan fingerprint density at radius 3 is 2.28 bits per heavy atom. The number of nitrogens with zero attached hydrogens (tertiary/aromatic N) is 6. The fourth-order valence-corrected chi connectivity index (χ4v) is 6.24. The summed E-state index contributed by atoms with van der Waals surface area (Å²) in [6.45, 7) is 4.03. The number of tetrazole rings is 1. The average molecular weight is 703 g/mol. The number of aryl methyl sites for hydroxylation is 1. The fourth-order valence-electron chi connectivity index (χ4n) is 6.24. The molecule has 2 aromatic carbocycles. The highest BCUT2D eigenvalue weighted by atomic mass is 35.5. The largest absolute Gasteiger partial charge is 0.351 e. The molecule has 0 bridgehead atoms. The van der Waals surface area contributed by atoms with Crippen LogP contribution < -0.4 is 21.7 Å². The topological polar surface area (TPSA) is 189 Å². The lowest BCUT2D eigenvalue weighted by Crippen LogP contribution is -2.50. The van der Waals surface area contributed by atoms with E-state index in [4.69, 9.17) is 11.5 Å². The molecule has 4 aromatic rings. The summed E-state index contributed by atoms with van der Waals surface area (Å²) in [5.74, 6) is -0.299. The molecule has 0 aliphatic heterocycles. The van der Waals surface area contributed by atoms with E-state index in [1.165, 1.54) is 4.90 Å². The molecule has 6 N–H and O–H groups in total. The van der Waals surface area contributed by atoms with Crippen LogP contribution in [0.2, 0.25) is 0 Å². The van der Waals surface area contributed by atoms with E-state index >= 15 is 0 Å². The van der Waals surface area contributed by atoms with Crippen LogP contribution in [0.5, 0.6) is 0 Å². The van der Waals surface area contributed by atoms with Crippen LogP contribution in [-0.2, 0) is 16.0 Å². The third-order valence-electron chi connectivity index (χ3n) is 9.16. The number of carbonyl (C=O) groups is 3. The van der Waals surface area contributed by atoms with E-state index in [1.54, 1.807) is 36.5 Å². The Kier molecular flexibility index (Phi) is 13.7. The molecule has 50 heavy (non-hydrogen) atoms. The van der Waals surface area contributed by atoms with Gasteiger partial charge in [0.2, 0.25) is 5.91 Å². The van der Waals surface area contributed by atoms with Gasteiger partial charge >= 0.3 is 0 Å². The molecule has 3 amide bonds. The number of aromatic nitrogens is 5. The minimum atomic E-state index is -0.952. The quantitative estimate of drug-likeness (QED) is 0.150. The van der Waals surface area contributed by atoms with Crippen molar-refractivity contribution >= 4 is 35.8 Å². The van der Waals surface area contributed by atoms with Crippen molar-refractivity contribution in [3.05, 3.63) is 77.6 Å². The normalized spacial score (nSPS) is 16.4. The number of hydrogen-bond donors (Lipinski definition) is 4. The van der Waals surface area contributed by atoms with Crippen molar-refractivity contribution < 1.29 is 14.4 Å². The Hall–Kier alpha value is -4.56. The van der Waals surface area contributed by atoms with Crippen molar-refractivity contribution in [2.75, 3.05) is 38.6 Å². The summed E-state index contributed by atoms with van der Waals surface area (Å²) < 4.78 is 0. The van der Waals surface area contributed by atoms with Gasteiger partial charge < -0.3 is 21.7 Å². The van der Waals surface area contributed by atoms with E-state index in [2.05, 4.69) is 35.8 Å². The number of anilines is 1. The molecule has 2 heterocycles. The molecular formula is C36H47ClN10O3. The number of H-pyrrole nitrogens is 1. The van der Waals surface area contributed by atoms with Crippen LogP contribution in [0.15, 0.2) is 60.8 Å². The third-order valence-corrected chi connectivity index (χ3v) is 9.16. The van der Waals surface area contributed by atoms with E-state index in [-0.39, 0.29) is 36.6 Å². The molecule has 0 saturated heterocycles. The van der Waals surface area contributed by atoms with E-state index < -0.39 is 11.9 Å². The van der Waals surface area contributed by atoms with Gasteiger partial charge in [-0.1, -0.05) is 24.3 Å². The zero-order chi connectivity index (χ0) is 34.9. The summed E-state index contributed by atoms with van der Waals surface area (Å²) in [7, 11) is 4.00. The Balaban J connectivity index is 0.00000562. The maximum absolute atomic E-state index is 14.0. The number of aromatic amines is 1. The summed E-state index contributed by atoms with van der Waals surface area (Å²) in [5.41, 5.74) is 17.6. The number of carbonyl (C=O) groups excluding carboxylic acids is 3. The van der Waals surface area contributed by atoms with Gasteiger partial charge in [-0.3, -0.25) is 19.4 Å². The highest BCUT2D eigenvalue weighted by Crippen LogP contribution is 2.32. The van der Waals surface area contributed by atoms with Gasteiger partial charge in [-0.05, 0) is 136 Å². The zero-order valence-electron chi connectivity index (χ0n) is 28.8. The van der Waals surface area contributed by atoms with Crippen molar-refractivity contribution in [2.24, 2.45) is 23.3 Å². The minimum absolute atomic E-state index is 0. The molecule has 1 aliphatic carbocycles. The molecular weight excluding hydrogens is 656 g/mol. The first-order valence-electron chi connectivity index (χ1n) is 16.8. The molecule has 1 atom stereocenters. The lowest BCUT2D eigenvalue weighted by atomic mass is 9.81. The molecule has 1 aliphatic rings. The van der Waals surface area contributed by atoms with E-state index in [1.807, 2.05) is 45.3 Å². The van der Waals surface area contributed by atoms with E-state index in [0.717, 1.165) is 53.6 Å². The third kappa shape index (κ3) is 9.57. The molecule has 0 spiro atoms. The zero-order valence-corrected chi connectivity index (χ0v) is 29.7. The maximum Gasteiger partial charge on any atom is 0.269 e. The smallest absolute Gasteiger partial charge is 0.269 e. The highest BCUT2D eigenvalue weighted by Gasteiger charge is 2.35. The number of pyridine rings is 1. The summed E-state index contributed by atoms with van der Waals surface area (Å²) in [6, 6.07) is 15.6. The summed E-state index contributed by atoms with van der Waals surface area (Å²) in [4.78, 5) is 48.2. The molecule has 266 valence electrons. The van der Waals surface area contributed by atoms with Gasteiger partial charge in [-0.15, -0.1) is 17.5 Å². The van der Waals surface area contributed by atoms with Gasteiger partial charge in [-0.2, -0.15) is 0 Å². The van der Waals surface area contributed by atoms with Gasteiger partial charge in [0.1, 0.15) is 5.69 Å². The van der Waals surface area contributed by atoms with Gasteiger partial charge in [0.05, 0.1) is 11.7 Å². The van der Waals surface area contributed by atoms with E-state index in [9.17, 15) is 14.4 Å². The number of amides is 3. The van der Waals surface area contributed by atoms with Crippen LogP contribution in [0.4, 0.5) is 5.69 Å². The summed E-state index contributed by atoms with van der Waals surface area (Å²) in [5, 5.41) is 16.8. The van der Waals surface area contributed by atoms with Crippen LogP contribution in [0.3, 0.4) is 0 Å². The van der Waals surface area contributed by atoms with Crippen LogP contribution in [0.25, 0.3) is 22.5 Å². The predicted octanol–water partition coefficient (Wildman–Crippen LogP) is 3.54. The van der Waals surface area contributed by atoms with Gasteiger partial charge in [-0.25, -0.2) is 10.00 Å². The first-order valence-corrected chi connectivity index (χ1v) is 16.8. The van der Waals surface area contributed by atoms with Crippen molar-refractivity contribution in [1.29, 1.82) is 0 Å². The Labute approximate surface area is 299 Å². The van der Waals surface area contributed by atoms with Crippen molar-refractivity contribution in [2.45, 2.75) is 51.5 Å². The van der Waals surface area contributed by atoms with Crippen molar-refractivity contribution in [3.63, 3.8) is 0 Å². The minimum Gasteiger partial charge on any atom is -0.351 e. The second-order valence-corrected chi connectivity index (χ2v) is 13.1. The van der Waals surface area contributed by atoms with Crippen molar-refractivity contribution in [3.8, 4) is 22.5 Å². The molecule has 1 saturated carbocycles. The Bertz CT molecular complexity index is 1710. The predicted molar refractivity (Wildman–Crippen MR) is 195 cm³/mol. The summed E-state index contributed by atoms with van der Waals surface area (Å²) >= 11 is 0. The second kappa shape index (κ2) is 17.9. The number of nitrogens with one attached hydrogen (secondary N) is 2. The molecule has 13 nitrogen and oxygen atoms in total. The molecule has 5 rings (SSSR count). The number of nitrogens with two attached hydrogens (primary N) is 2. The molecule has 2 aromatic heterocycles. The van der Waals surface area contributed by atoms with Gasteiger partial charge in [0.25, 0.3) is 11.8 Å². The van der Waals surface area contributed by atoms with Crippen LogP contribution in [-0.4, -0.2) is 88.0 Å². The molecule has 1 fully saturated rings. The van der Waals surface area contributed by atoms with Gasteiger partial charge in [0, 0.05) is 29.8 Å². The SMILES string of the molecule is Cc1cc(C(=O)NCCCN(C)C)ncc1-c1ccc(C[C@H](N)C(=O)N(c2ccc(-c3nnn[nH]3)cc2)C(=O)[C@H]2CC[C@H](CN)CC2)cc1.Cl. The standard InChI is InChI=1S/C36H46N10O3.ClH/c1-23-19-32(34(47)39-17-4-18-45(2)3)40-22-30(23)26-9-5-24(6-10-26)20-31(38)36(49)46(35(48)28-11-7-25(21-37)8-12-28)29-15-13-27(14-16-29)33-41-43-44-42-33;/h5-6,9-10,13-16,19,22,25,28,31H,4,7-8,11-12,17-18,20-21,37-38H2,1-3H3,(H,39,47)(H,41,42,43,44);1H/t25-,28-,31-;/m0./s1. The monoisotopic (exact) mass is 702 g/mol. The van der Waals surface area contributed by atoms with Gasteiger partial charge in [0.15, 0.2) is 5.82 Å². The second-order valence-electron chi connectivity index (χ2n) is 13.1. The number of rotatable bonds is 13. The van der Waals surface area contributed by atoms with E-state index in [0.29, 0.717) is 49.1 Å². The molecule has 14 heteroatoms. The van der Waals surface area contributed by atoms with Crippen LogP contribution >= 0.6 is 12.4 Å². The Morgan fingerprint density at radius 1 is 1.00 bits per heavy atom. The van der Waals surface area contributed by atoms with Crippen molar-refractivity contribution in [1.82, 2.24) is 35.8 Å². The lowest BCUT2D eigenvalue weighted by molar-refractivity contribution is -0.130. The molecule has 0 radical (unpaired) electrons. The number of halogens is 1. The fraction of sp³-hybridized carbons (Fsp3) is 0.417. The summed E-state index contributed by atoms with van der Waals surface area (Å²) in [6.07, 6.45) is 5.88. The number of hydrogen-bond acceptors (Lipinski definition) is 10. The number of imide groups is 1. The maximum atomic E-state index is 14.0. The average Bonchev–Trinajstić information content (AvgIpc) is 3.66. The number of benzene rings is 2. The van der Waals surface area contributed by atoms with Crippen LogP contribution in [0, 0.1) is 18.8 Å². The lowest BCUT2D eigenvalue weighted by Gasteiger charge is -2.32.